The quantitative estimate of drug-likeness (QED) is 0.884. The summed E-state index contributed by atoms with van der Waals surface area (Å²) in [7, 11) is 0. The molecule has 0 bridgehead atoms. The van der Waals surface area contributed by atoms with E-state index in [0.29, 0.717) is 25.1 Å². The van der Waals surface area contributed by atoms with Gasteiger partial charge in [-0.2, -0.15) is 0 Å². The fourth-order valence-corrected chi connectivity index (χ4v) is 3.78. The molecule has 0 radical (unpaired) electrons. The Bertz CT molecular complexity index is 670. The highest BCUT2D eigenvalue weighted by Gasteiger charge is 2.27. The molecule has 1 fully saturated rings. The Morgan fingerprint density at radius 3 is 2.65 bits per heavy atom. The molecule has 0 unspecified atom stereocenters. The third-order valence-electron chi connectivity index (χ3n) is 4.38. The van der Waals surface area contributed by atoms with Gasteiger partial charge in [-0.05, 0) is 49.3 Å². The molecule has 2 N–H and O–H groups in total. The number of aromatic nitrogens is 1. The van der Waals surface area contributed by atoms with E-state index in [-0.39, 0.29) is 17.9 Å². The van der Waals surface area contributed by atoms with Gasteiger partial charge in [-0.1, -0.05) is 6.07 Å². The summed E-state index contributed by atoms with van der Waals surface area (Å²) < 4.78 is 1.95. The number of rotatable bonds is 5. The summed E-state index contributed by atoms with van der Waals surface area (Å²) in [5.74, 6) is -1.06. The third-order valence-corrected chi connectivity index (χ3v) is 5.24. The predicted octanol–water partition coefficient (Wildman–Crippen LogP) is 2.97. The number of carbonyl (C=O) groups excluding carboxylic acids is 1. The standard InChI is InChI=1S/C17H20N2O3S/c20-16(18-13-7-5-12(6-8-13)17(21)22)15-4-1-9-19(15)11-14-3-2-10-23-14/h1-4,9-10,12-13H,5-8,11H2,(H,18,20)(H,21,22). The Kier molecular flexibility index (Phi) is 4.81. The van der Waals surface area contributed by atoms with E-state index in [0.717, 1.165) is 12.8 Å². The number of aliphatic carboxylic acids is 1. The van der Waals surface area contributed by atoms with Gasteiger partial charge in [0.05, 0.1) is 12.5 Å². The zero-order valence-corrected chi connectivity index (χ0v) is 13.6. The van der Waals surface area contributed by atoms with Gasteiger partial charge in [0.2, 0.25) is 0 Å². The van der Waals surface area contributed by atoms with Gasteiger partial charge in [-0.3, -0.25) is 9.59 Å². The Hall–Kier alpha value is -2.08. The van der Waals surface area contributed by atoms with Crippen LogP contribution in [-0.4, -0.2) is 27.6 Å². The molecular formula is C17H20N2O3S. The van der Waals surface area contributed by atoms with Gasteiger partial charge in [-0.25, -0.2) is 0 Å². The first-order valence-electron chi connectivity index (χ1n) is 7.84. The number of carboxylic acid groups (broad SMARTS) is 1. The molecule has 1 amide bonds. The first-order chi connectivity index (χ1) is 11.1. The second-order valence-electron chi connectivity index (χ2n) is 5.96. The summed E-state index contributed by atoms with van der Waals surface area (Å²) in [6, 6.07) is 7.84. The first-order valence-corrected chi connectivity index (χ1v) is 8.72. The highest BCUT2D eigenvalue weighted by molar-refractivity contribution is 7.09. The molecule has 1 aliphatic rings. The van der Waals surface area contributed by atoms with E-state index in [1.165, 1.54) is 4.88 Å². The highest BCUT2D eigenvalue weighted by Crippen LogP contribution is 2.24. The number of carboxylic acids is 1. The molecule has 0 aromatic carbocycles. The zero-order chi connectivity index (χ0) is 16.2. The molecule has 5 nitrogen and oxygen atoms in total. The van der Waals surface area contributed by atoms with Crippen LogP contribution in [0.4, 0.5) is 0 Å². The van der Waals surface area contributed by atoms with E-state index in [1.54, 1.807) is 11.3 Å². The molecule has 3 rings (SSSR count). The Morgan fingerprint density at radius 2 is 2.00 bits per heavy atom. The predicted molar refractivity (Wildman–Crippen MR) is 88.7 cm³/mol. The third kappa shape index (κ3) is 3.82. The molecule has 2 aromatic heterocycles. The minimum Gasteiger partial charge on any atom is -0.481 e. The lowest BCUT2D eigenvalue weighted by atomic mass is 9.86. The number of thiophene rings is 1. The molecule has 0 spiro atoms. The molecule has 1 aliphatic carbocycles. The summed E-state index contributed by atoms with van der Waals surface area (Å²) >= 11 is 1.67. The maximum absolute atomic E-state index is 12.5. The largest absolute Gasteiger partial charge is 0.481 e. The second-order valence-corrected chi connectivity index (χ2v) is 6.99. The van der Waals surface area contributed by atoms with E-state index in [2.05, 4.69) is 11.4 Å². The average Bonchev–Trinajstić information content (AvgIpc) is 3.20. The van der Waals surface area contributed by atoms with Gasteiger partial charge < -0.3 is 15.0 Å². The maximum Gasteiger partial charge on any atom is 0.306 e. The van der Waals surface area contributed by atoms with E-state index in [9.17, 15) is 9.59 Å². The van der Waals surface area contributed by atoms with Crippen LogP contribution in [0.3, 0.4) is 0 Å². The normalized spacial score (nSPS) is 21.0. The first kappa shape index (κ1) is 15.8. The van der Waals surface area contributed by atoms with Crippen LogP contribution in [0.25, 0.3) is 0 Å². The molecule has 23 heavy (non-hydrogen) atoms. The molecule has 6 heteroatoms. The van der Waals surface area contributed by atoms with Gasteiger partial charge in [0, 0.05) is 17.1 Å². The van der Waals surface area contributed by atoms with Gasteiger partial charge in [0.25, 0.3) is 5.91 Å². The van der Waals surface area contributed by atoms with Gasteiger partial charge in [0.15, 0.2) is 0 Å². The number of hydrogen-bond acceptors (Lipinski definition) is 3. The second kappa shape index (κ2) is 7.00. The van der Waals surface area contributed by atoms with Crippen LogP contribution >= 0.6 is 11.3 Å². The van der Waals surface area contributed by atoms with E-state index >= 15 is 0 Å². The maximum atomic E-state index is 12.5. The van der Waals surface area contributed by atoms with Crippen molar-refractivity contribution in [3.05, 3.63) is 46.4 Å². The molecule has 0 atom stereocenters. The van der Waals surface area contributed by atoms with E-state index < -0.39 is 5.97 Å². The van der Waals surface area contributed by atoms with Crippen molar-refractivity contribution in [1.29, 1.82) is 0 Å². The summed E-state index contributed by atoms with van der Waals surface area (Å²) in [5, 5.41) is 14.1. The Balaban J connectivity index is 1.59. The number of nitrogens with one attached hydrogen (secondary N) is 1. The van der Waals surface area contributed by atoms with Crippen molar-refractivity contribution in [2.24, 2.45) is 5.92 Å². The van der Waals surface area contributed by atoms with Crippen LogP contribution in [-0.2, 0) is 11.3 Å². The summed E-state index contributed by atoms with van der Waals surface area (Å²) in [4.78, 5) is 24.7. The van der Waals surface area contributed by atoms with Crippen molar-refractivity contribution in [3.8, 4) is 0 Å². The summed E-state index contributed by atoms with van der Waals surface area (Å²) in [6.07, 6.45) is 4.64. The lowest BCUT2D eigenvalue weighted by Crippen LogP contribution is -2.39. The van der Waals surface area contributed by atoms with Crippen molar-refractivity contribution in [2.75, 3.05) is 0 Å². The van der Waals surface area contributed by atoms with Crippen LogP contribution in [0.1, 0.15) is 41.0 Å². The average molecular weight is 332 g/mol. The van der Waals surface area contributed by atoms with Crippen molar-refractivity contribution < 1.29 is 14.7 Å². The van der Waals surface area contributed by atoms with Gasteiger partial charge in [-0.15, -0.1) is 11.3 Å². The Labute approximate surface area is 138 Å². The number of nitrogens with zero attached hydrogens (tertiary/aromatic N) is 1. The molecule has 0 saturated heterocycles. The van der Waals surface area contributed by atoms with E-state index in [1.807, 2.05) is 34.3 Å². The van der Waals surface area contributed by atoms with Gasteiger partial charge in [0.1, 0.15) is 5.69 Å². The molecule has 2 aromatic rings. The monoisotopic (exact) mass is 332 g/mol. The van der Waals surface area contributed by atoms with Crippen LogP contribution < -0.4 is 5.32 Å². The molecule has 1 saturated carbocycles. The molecule has 0 aliphatic heterocycles. The van der Waals surface area contributed by atoms with Crippen molar-refractivity contribution in [1.82, 2.24) is 9.88 Å². The van der Waals surface area contributed by atoms with Gasteiger partial charge >= 0.3 is 5.97 Å². The number of carbonyl (C=O) groups is 2. The van der Waals surface area contributed by atoms with E-state index in [4.69, 9.17) is 5.11 Å². The van der Waals surface area contributed by atoms with Crippen molar-refractivity contribution in [2.45, 2.75) is 38.3 Å². The van der Waals surface area contributed by atoms with Crippen LogP contribution in [0.15, 0.2) is 35.8 Å². The summed E-state index contributed by atoms with van der Waals surface area (Å²) in [6.45, 7) is 0.694. The van der Waals surface area contributed by atoms with Crippen LogP contribution in [0.2, 0.25) is 0 Å². The smallest absolute Gasteiger partial charge is 0.306 e. The minimum atomic E-state index is -0.723. The fourth-order valence-electron chi connectivity index (χ4n) is 3.07. The van der Waals surface area contributed by atoms with Crippen molar-refractivity contribution in [3.63, 3.8) is 0 Å². The molecule has 2 heterocycles. The summed E-state index contributed by atoms with van der Waals surface area (Å²) in [5.41, 5.74) is 0.652. The highest BCUT2D eigenvalue weighted by atomic mass is 32.1. The minimum absolute atomic E-state index is 0.0724. The zero-order valence-electron chi connectivity index (χ0n) is 12.8. The number of hydrogen-bond donors (Lipinski definition) is 2. The van der Waals surface area contributed by atoms with Crippen LogP contribution in [0, 0.1) is 5.92 Å². The Morgan fingerprint density at radius 1 is 1.22 bits per heavy atom. The van der Waals surface area contributed by atoms with Crippen LogP contribution in [0.5, 0.6) is 0 Å². The lowest BCUT2D eigenvalue weighted by Gasteiger charge is -2.26. The number of amides is 1. The molecule has 122 valence electrons. The molecular weight excluding hydrogens is 312 g/mol. The van der Waals surface area contributed by atoms with Crippen molar-refractivity contribution >= 4 is 23.2 Å². The fraction of sp³-hybridized carbons (Fsp3) is 0.412. The lowest BCUT2D eigenvalue weighted by molar-refractivity contribution is -0.142. The SMILES string of the molecule is O=C(NC1CCC(C(=O)O)CC1)c1cccn1Cc1cccs1. The topological polar surface area (TPSA) is 71.3 Å².